The number of hydrogen-bond acceptors (Lipinski definition) is 4. The molecule has 0 spiro atoms. The maximum absolute atomic E-state index is 13.0. The third kappa shape index (κ3) is 6.04. The topological polar surface area (TPSA) is 64.6 Å². The average Bonchev–Trinajstić information content (AvgIpc) is 2.60. The molecule has 1 N–H and O–H groups in total. The first-order valence-corrected chi connectivity index (χ1v) is 8.38. The van der Waals surface area contributed by atoms with Gasteiger partial charge in [-0.15, -0.1) is 0 Å². The predicted molar refractivity (Wildman–Crippen MR) is 97.1 cm³/mol. The van der Waals surface area contributed by atoms with Crippen LogP contribution in [0.4, 0.5) is 10.1 Å². The van der Waals surface area contributed by atoms with Crippen molar-refractivity contribution in [2.24, 2.45) is 5.92 Å². The molecule has 2 rings (SSSR count). The van der Waals surface area contributed by atoms with Gasteiger partial charge in [0.15, 0.2) is 6.61 Å². The normalized spacial score (nSPS) is 10.5. The van der Waals surface area contributed by atoms with Crippen molar-refractivity contribution >= 4 is 29.2 Å². The number of amides is 1. The van der Waals surface area contributed by atoms with E-state index in [1.54, 1.807) is 24.3 Å². The molecule has 5 nitrogen and oxygen atoms in total. The minimum absolute atomic E-state index is 0.0571. The number of nitrogens with one attached hydrogen (secondary N) is 1. The maximum atomic E-state index is 13.0. The summed E-state index contributed by atoms with van der Waals surface area (Å²) in [5.74, 6) is -0.684. The van der Waals surface area contributed by atoms with E-state index < -0.39 is 24.3 Å². The zero-order valence-electron chi connectivity index (χ0n) is 14.4. The number of anilines is 1. The lowest BCUT2D eigenvalue weighted by Gasteiger charge is -2.10. The summed E-state index contributed by atoms with van der Waals surface area (Å²) >= 11 is 5.82. The van der Waals surface area contributed by atoms with Crippen LogP contribution in [-0.4, -0.2) is 25.1 Å². The van der Waals surface area contributed by atoms with Gasteiger partial charge in [0.05, 0.1) is 22.9 Å². The largest absolute Gasteiger partial charge is 0.493 e. The van der Waals surface area contributed by atoms with E-state index in [2.05, 4.69) is 5.32 Å². The van der Waals surface area contributed by atoms with Crippen molar-refractivity contribution in [1.82, 2.24) is 0 Å². The van der Waals surface area contributed by atoms with Gasteiger partial charge in [-0.3, -0.25) is 4.79 Å². The number of rotatable bonds is 7. The van der Waals surface area contributed by atoms with E-state index in [0.29, 0.717) is 23.8 Å². The zero-order valence-corrected chi connectivity index (χ0v) is 15.2. The Morgan fingerprint density at radius 3 is 2.46 bits per heavy atom. The molecule has 2 aromatic rings. The SMILES string of the molecule is CC(C)COc1ccc(C(=O)OCC(=O)Nc2ccc(F)cc2Cl)cc1. The van der Waals surface area contributed by atoms with Crippen LogP contribution in [0.5, 0.6) is 5.75 Å². The van der Waals surface area contributed by atoms with Crippen molar-refractivity contribution in [3.05, 3.63) is 58.9 Å². The quantitative estimate of drug-likeness (QED) is 0.728. The number of ether oxygens (including phenoxy) is 2. The molecule has 0 aliphatic heterocycles. The summed E-state index contributed by atoms with van der Waals surface area (Å²) in [5.41, 5.74) is 0.537. The Bertz CT molecular complexity index is 778. The molecule has 0 unspecified atom stereocenters. The Morgan fingerprint density at radius 1 is 1.15 bits per heavy atom. The molecule has 0 atom stereocenters. The summed E-state index contributed by atoms with van der Waals surface area (Å²) in [4.78, 5) is 23.8. The minimum Gasteiger partial charge on any atom is -0.493 e. The minimum atomic E-state index is -0.638. The monoisotopic (exact) mass is 379 g/mol. The van der Waals surface area contributed by atoms with E-state index in [1.165, 1.54) is 6.07 Å². The van der Waals surface area contributed by atoms with Crippen molar-refractivity contribution in [3.63, 3.8) is 0 Å². The van der Waals surface area contributed by atoms with Crippen molar-refractivity contribution in [3.8, 4) is 5.75 Å². The Hall–Kier alpha value is -2.60. The highest BCUT2D eigenvalue weighted by Crippen LogP contribution is 2.22. The summed E-state index contributed by atoms with van der Waals surface area (Å²) < 4.78 is 23.5. The third-order valence-electron chi connectivity index (χ3n) is 3.21. The molecule has 2 aromatic carbocycles. The van der Waals surface area contributed by atoms with E-state index in [-0.39, 0.29) is 10.7 Å². The molecule has 0 fully saturated rings. The molecule has 0 aliphatic rings. The Morgan fingerprint density at radius 2 is 1.85 bits per heavy atom. The highest BCUT2D eigenvalue weighted by molar-refractivity contribution is 6.33. The van der Waals surface area contributed by atoms with Crippen LogP contribution in [0.15, 0.2) is 42.5 Å². The molecule has 0 heterocycles. The van der Waals surface area contributed by atoms with E-state index in [9.17, 15) is 14.0 Å². The second kappa shape index (κ2) is 9.20. The van der Waals surface area contributed by atoms with E-state index in [1.807, 2.05) is 13.8 Å². The fourth-order valence-electron chi connectivity index (χ4n) is 1.94. The van der Waals surface area contributed by atoms with Crippen LogP contribution in [0.3, 0.4) is 0 Å². The Kier molecular flexibility index (Phi) is 6.97. The second-order valence-electron chi connectivity index (χ2n) is 5.98. The molecule has 1 amide bonds. The average molecular weight is 380 g/mol. The highest BCUT2D eigenvalue weighted by Gasteiger charge is 2.12. The molecule has 0 saturated heterocycles. The molecule has 0 aliphatic carbocycles. The van der Waals surface area contributed by atoms with E-state index in [0.717, 1.165) is 12.1 Å². The van der Waals surface area contributed by atoms with Gasteiger partial charge in [0.1, 0.15) is 11.6 Å². The van der Waals surface area contributed by atoms with Crippen molar-refractivity contribution in [1.29, 1.82) is 0 Å². The standard InChI is InChI=1S/C19H19ClFNO4/c1-12(2)10-25-15-6-3-13(4-7-15)19(24)26-11-18(23)22-17-8-5-14(21)9-16(17)20/h3-9,12H,10-11H2,1-2H3,(H,22,23). The van der Waals surface area contributed by atoms with Crippen LogP contribution in [-0.2, 0) is 9.53 Å². The summed E-state index contributed by atoms with van der Waals surface area (Å²) in [6.07, 6.45) is 0. The second-order valence-corrected chi connectivity index (χ2v) is 6.38. The van der Waals surface area contributed by atoms with Gasteiger partial charge in [-0.25, -0.2) is 9.18 Å². The van der Waals surface area contributed by atoms with Crippen molar-refractivity contribution in [2.75, 3.05) is 18.5 Å². The predicted octanol–water partition coefficient (Wildman–Crippen LogP) is 4.31. The van der Waals surface area contributed by atoms with Crippen LogP contribution in [0.2, 0.25) is 5.02 Å². The fourth-order valence-corrected chi connectivity index (χ4v) is 2.16. The van der Waals surface area contributed by atoms with E-state index in [4.69, 9.17) is 21.1 Å². The first-order valence-electron chi connectivity index (χ1n) is 8.00. The number of esters is 1. The van der Waals surface area contributed by atoms with Gasteiger partial charge < -0.3 is 14.8 Å². The van der Waals surface area contributed by atoms with Crippen molar-refractivity contribution < 1.29 is 23.5 Å². The Balaban J connectivity index is 1.84. The molecule has 138 valence electrons. The number of halogens is 2. The van der Waals surface area contributed by atoms with Crippen LogP contribution in [0.1, 0.15) is 24.2 Å². The lowest BCUT2D eigenvalue weighted by atomic mass is 10.2. The number of hydrogen-bond donors (Lipinski definition) is 1. The van der Waals surface area contributed by atoms with Gasteiger partial charge in [0.2, 0.25) is 0 Å². The summed E-state index contributed by atoms with van der Waals surface area (Å²) in [5, 5.41) is 2.50. The van der Waals surface area contributed by atoms with Crippen LogP contribution in [0.25, 0.3) is 0 Å². The number of carbonyl (C=O) groups excluding carboxylic acids is 2. The lowest BCUT2D eigenvalue weighted by Crippen LogP contribution is -2.21. The molecule has 26 heavy (non-hydrogen) atoms. The van der Waals surface area contributed by atoms with Gasteiger partial charge in [0, 0.05) is 0 Å². The molecule has 0 radical (unpaired) electrons. The summed E-state index contributed by atoms with van der Waals surface area (Å²) in [6, 6.07) is 10.0. The van der Waals surface area contributed by atoms with Gasteiger partial charge in [-0.1, -0.05) is 25.4 Å². The highest BCUT2D eigenvalue weighted by atomic mass is 35.5. The van der Waals surface area contributed by atoms with Crippen LogP contribution >= 0.6 is 11.6 Å². The van der Waals surface area contributed by atoms with Crippen LogP contribution < -0.4 is 10.1 Å². The van der Waals surface area contributed by atoms with Gasteiger partial charge in [0.25, 0.3) is 5.91 Å². The van der Waals surface area contributed by atoms with Gasteiger partial charge in [-0.05, 0) is 48.4 Å². The summed E-state index contributed by atoms with van der Waals surface area (Å²) in [6.45, 7) is 4.17. The maximum Gasteiger partial charge on any atom is 0.338 e. The molecule has 0 aromatic heterocycles. The Labute approximate surface area is 156 Å². The first-order chi connectivity index (χ1) is 12.3. The first kappa shape index (κ1) is 19.7. The molecule has 0 saturated carbocycles. The third-order valence-corrected chi connectivity index (χ3v) is 3.53. The lowest BCUT2D eigenvalue weighted by molar-refractivity contribution is -0.119. The smallest absolute Gasteiger partial charge is 0.338 e. The molecular formula is C19H19ClFNO4. The fraction of sp³-hybridized carbons (Fsp3) is 0.263. The summed E-state index contributed by atoms with van der Waals surface area (Å²) in [7, 11) is 0. The molecule has 0 bridgehead atoms. The number of benzene rings is 2. The van der Waals surface area contributed by atoms with Gasteiger partial charge in [-0.2, -0.15) is 0 Å². The number of carbonyl (C=O) groups is 2. The van der Waals surface area contributed by atoms with Crippen LogP contribution in [0, 0.1) is 11.7 Å². The zero-order chi connectivity index (χ0) is 19.1. The molecular weight excluding hydrogens is 361 g/mol. The molecule has 7 heteroatoms. The van der Waals surface area contributed by atoms with Crippen molar-refractivity contribution in [2.45, 2.75) is 13.8 Å². The van der Waals surface area contributed by atoms with Gasteiger partial charge >= 0.3 is 5.97 Å². The van der Waals surface area contributed by atoms with E-state index >= 15 is 0 Å².